The average molecular weight is 260 g/mol. The van der Waals surface area contributed by atoms with E-state index in [0.717, 1.165) is 29.9 Å². The van der Waals surface area contributed by atoms with E-state index >= 15 is 0 Å². The molecule has 1 aliphatic heterocycles. The highest BCUT2D eigenvalue weighted by Gasteiger charge is 2.25. The van der Waals surface area contributed by atoms with Gasteiger partial charge in [0, 0.05) is 30.4 Å². The number of amides is 1. The van der Waals surface area contributed by atoms with Gasteiger partial charge in [-0.1, -0.05) is 18.2 Å². The number of piperazine rings is 1. The average Bonchev–Trinajstić information content (AvgIpc) is 2.82. The minimum Gasteiger partial charge on any atom is -0.333 e. The van der Waals surface area contributed by atoms with Crippen LogP contribution in [0.5, 0.6) is 0 Å². The number of carbonyl (C=O) groups excluding carboxylic acids is 1. The lowest BCUT2D eigenvalue weighted by molar-refractivity contribution is 0.0661. The molecule has 0 saturated carbocycles. The fraction of sp³-hybridized carbons (Fsp3) is 0.357. The second-order valence-electron chi connectivity index (χ2n) is 4.70. The minimum atomic E-state index is 0.171. The zero-order chi connectivity index (χ0) is 12.5. The third-order valence-electron chi connectivity index (χ3n) is 3.40. The van der Waals surface area contributed by atoms with E-state index in [-0.39, 0.29) is 11.9 Å². The number of hydrogen-bond donors (Lipinski definition) is 1. The molecule has 1 fully saturated rings. The fourth-order valence-electron chi connectivity index (χ4n) is 2.37. The van der Waals surface area contributed by atoms with Gasteiger partial charge in [-0.3, -0.25) is 4.79 Å². The Morgan fingerprint density at radius 2 is 2.28 bits per heavy atom. The molecule has 3 nitrogen and oxygen atoms in total. The first-order chi connectivity index (χ1) is 8.75. The van der Waals surface area contributed by atoms with Gasteiger partial charge in [0.1, 0.15) is 0 Å². The van der Waals surface area contributed by atoms with Crippen molar-refractivity contribution in [1.82, 2.24) is 10.2 Å². The van der Waals surface area contributed by atoms with E-state index in [1.54, 1.807) is 11.3 Å². The van der Waals surface area contributed by atoms with Gasteiger partial charge in [-0.2, -0.15) is 0 Å². The van der Waals surface area contributed by atoms with Crippen molar-refractivity contribution in [1.29, 1.82) is 0 Å². The topological polar surface area (TPSA) is 32.3 Å². The molecule has 1 aromatic carbocycles. The van der Waals surface area contributed by atoms with Crippen molar-refractivity contribution < 1.29 is 4.79 Å². The van der Waals surface area contributed by atoms with Gasteiger partial charge in [-0.05, 0) is 24.4 Å². The molecule has 1 aliphatic rings. The summed E-state index contributed by atoms with van der Waals surface area (Å²) in [5.41, 5.74) is 0. The summed E-state index contributed by atoms with van der Waals surface area (Å²) in [6.07, 6.45) is 0. The van der Waals surface area contributed by atoms with Crippen molar-refractivity contribution in [3.05, 3.63) is 35.2 Å². The zero-order valence-electron chi connectivity index (χ0n) is 10.3. The number of carbonyl (C=O) groups is 1. The lowest BCUT2D eigenvalue weighted by Gasteiger charge is -2.33. The van der Waals surface area contributed by atoms with Gasteiger partial charge in [-0.15, -0.1) is 11.3 Å². The van der Waals surface area contributed by atoms with Gasteiger partial charge in [0.15, 0.2) is 0 Å². The highest BCUT2D eigenvalue weighted by atomic mass is 32.1. The predicted octanol–water partition coefficient (Wildman–Crippen LogP) is 2.34. The van der Waals surface area contributed by atoms with Crippen molar-refractivity contribution in [3.63, 3.8) is 0 Å². The van der Waals surface area contributed by atoms with Crippen molar-refractivity contribution in [3.8, 4) is 0 Å². The summed E-state index contributed by atoms with van der Waals surface area (Å²) in [5.74, 6) is 0.171. The van der Waals surface area contributed by atoms with Gasteiger partial charge in [-0.25, -0.2) is 0 Å². The minimum absolute atomic E-state index is 0.171. The molecular weight excluding hydrogens is 244 g/mol. The smallest absolute Gasteiger partial charge is 0.264 e. The highest BCUT2D eigenvalue weighted by molar-refractivity contribution is 7.20. The van der Waals surface area contributed by atoms with Crippen molar-refractivity contribution in [2.75, 3.05) is 19.6 Å². The standard InChI is InChI=1S/C14H16N2OS/c1-10-9-15-6-7-16(10)14(17)13-8-11-4-2-3-5-12(11)18-13/h2-5,8,10,15H,6-7,9H2,1H3. The van der Waals surface area contributed by atoms with Crippen LogP contribution in [0.15, 0.2) is 30.3 Å². The Kier molecular flexibility index (Phi) is 3.06. The summed E-state index contributed by atoms with van der Waals surface area (Å²) in [6.45, 7) is 4.67. The van der Waals surface area contributed by atoms with Gasteiger partial charge in [0.05, 0.1) is 4.88 Å². The number of nitrogens with zero attached hydrogens (tertiary/aromatic N) is 1. The molecule has 0 bridgehead atoms. The van der Waals surface area contributed by atoms with Gasteiger partial charge in [0.25, 0.3) is 5.91 Å². The second-order valence-corrected chi connectivity index (χ2v) is 5.78. The van der Waals surface area contributed by atoms with Crippen LogP contribution < -0.4 is 5.32 Å². The van der Waals surface area contributed by atoms with E-state index in [1.807, 2.05) is 23.1 Å². The molecule has 94 valence electrons. The maximum absolute atomic E-state index is 12.5. The molecule has 2 aromatic rings. The summed E-state index contributed by atoms with van der Waals surface area (Å²) >= 11 is 1.59. The first-order valence-corrected chi connectivity index (χ1v) is 7.07. The summed E-state index contributed by atoms with van der Waals surface area (Å²) in [6, 6.07) is 10.4. The molecular formula is C14H16N2OS. The number of rotatable bonds is 1. The van der Waals surface area contributed by atoms with Crippen molar-refractivity contribution >= 4 is 27.3 Å². The molecule has 4 heteroatoms. The molecule has 2 heterocycles. The summed E-state index contributed by atoms with van der Waals surface area (Å²) in [4.78, 5) is 15.3. The van der Waals surface area contributed by atoms with E-state index in [2.05, 4.69) is 24.4 Å². The first-order valence-electron chi connectivity index (χ1n) is 6.26. The first kappa shape index (κ1) is 11.7. The van der Waals surface area contributed by atoms with Crippen LogP contribution in [0.4, 0.5) is 0 Å². The van der Waals surface area contributed by atoms with Crippen LogP contribution in [0.3, 0.4) is 0 Å². The molecule has 1 atom stereocenters. The Morgan fingerprint density at radius 3 is 3.06 bits per heavy atom. The summed E-state index contributed by atoms with van der Waals surface area (Å²) in [5, 5.41) is 4.47. The number of hydrogen-bond acceptors (Lipinski definition) is 3. The lowest BCUT2D eigenvalue weighted by Crippen LogP contribution is -2.52. The quantitative estimate of drug-likeness (QED) is 0.853. The van der Waals surface area contributed by atoms with Crippen LogP contribution in [0, 0.1) is 0 Å². The number of nitrogens with one attached hydrogen (secondary N) is 1. The van der Waals surface area contributed by atoms with Crippen molar-refractivity contribution in [2.45, 2.75) is 13.0 Å². The van der Waals surface area contributed by atoms with E-state index in [0.29, 0.717) is 0 Å². The fourth-order valence-corrected chi connectivity index (χ4v) is 3.39. The monoisotopic (exact) mass is 260 g/mol. The number of benzene rings is 1. The van der Waals surface area contributed by atoms with Gasteiger partial charge < -0.3 is 10.2 Å². The van der Waals surface area contributed by atoms with E-state index in [4.69, 9.17) is 0 Å². The Balaban J connectivity index is 1.91. The molecule has 1 amide bonds. The number of thiophene rings is 1. The summed E-state index contributed by atoms with van der Waals surface area (Å²) < 4.78 is 1.18. The normalized spacial score (nSPS) is 20.3. The maximum Gasteiger partial charge on any atom is 0.264 e. The number of fused-ring (bicyclic) bond motifs is 1. The van der Waals surface area contributed by atoms with Crippen LogP contribution in [-0.4, -0.2) is 36.5 Å². The van der Waals surface area contributed by atoms with Crippen LogP contribution in [0.2, 0.25) is 0 Å². The third-order valence-corrected chi connectivity index (χ3v) is 4.50. The Labute approximate surface area is 110 Å². The molecule has 0 spiro atoms. The molecule has 1 unspecified atom stereocenters. The van der Waals surface area contributed by atoms with Crippen LogP contribution >= 0.6 is 11.3 Å². The van der Waals surface area contributed by atoms with E-state index in [9.17, 15) is 4.79 Å². The Morgan fingerprint density at radius 1 is 1.44 bits per heavy atom. The molecule has 18 heavy (non-hydrogen) atoms. The van der Waals surface area contributed by atoms with Crippen molar-refractivity contribution in [2.24, 2.45) is 0 Å². The van der Waals surface area contributed by atoms with Crippen LogP contribution in [0.1, 0.15) is 16.6 Å². The van der Waals surface area contributed by atoms with E-state index in [1.165, 1.54) is 4.70 Å². The lowest BCUT2D eigenvalue weighted by atomic mass is 10.2. The van der Waals surface area contributed by atoms with Crippen LogP contribution in [-0.2, 0) is 0 Å². The largest absolute Gasteiger partial charge is 0.333 e. The van der Waals surface area contributed by atoms with E-state index < -0.39 is 0 Å². The molecule has 1 N–H and O–H groups in total. The SMILES string of the molecule is CC1CNCCN1C(=O)c1cc2ccccc2s1. The molecule has 1 aromatic heterocycles. The molecule has 0 radical (unpaired) electrons. The molecule has 0 aliphatic carbocycles. The third kappa shape index (κ3) is 2.02. The van der Waals surface area contributed by atoms with Gasteiger partial charge >= 0.3 is 0 Å². The highest BCUT2D eigenvalue weighted by Crippen LogP contribution is 2.26. The second kappa shape index (κ2) is 4.71. The Hall–Kier alpha value is -1.39. The molecule has 1 saturated heterocycles. The zero-order valence-corrected chi connectivity index (χ0v) is 11.2. The van der Waals surface area contributed by atoms with Crippen LogP contribution in [0.25, 0.3) is 10.1 Å². The maximum atomic E-state index is 12.5. The Bertz CT molecular complexity index is 545. The predicted molar refractivity (Wildman–Crippen MR) is 75.2 cm³/mol. The summed E-state index contributed by atoms with van der Waals surface area (Å²) in [7, 11) is 0. The molecule has 3 rings (SSSR count). The van der Waals surface area contributed by atoms with Gasteiger partial charge in [0.2, 0.25) is 0 Å².